The third kappa shape index (κ3) is 4.04. The summed E-state index contributed by atoms with van der Waals surface area (Å²) in [5.74, 6) is 0.126. The van der Waals surface area contributed by atoms with Crippen molar-refractivity contribution in [3.05, 3.63) is 33.8 Å². The lowest BCUT2D eigenvalue weighted by Crippen LogP contribution is -2.49. The summed E-state index contributed by atoms with van der Waals surface area (Å²) in [5, 5.41) is 0. The van der Waals surface area contributed by atoms with Crippen LogP contribution in [0.15, 0.2) is 22.7 Å². The molecule has 1 aliphatic heterocycles. The van der Waals surface area contributed by atoms with Gasteiger partial charge in [-0.25, -0.2) is 0 Å². The van der Waals surface area contributed by atoms with Crippen LogP contribution in [0.2, 0.25) is 0 Å². The summed E-state index contributed by atoms with van der Waals surface area (Å²) < 4.78 is 6.05. The first kappa shape index (κ1) is 15.5. The van der Waals surface area contributed by atoms with Crippen LogP contribution < -0.4 is 0 Å². The Bertz CT molecular complexity index is 451. The van der Waals surface area contributed by atoms with Crippen LogP contribution in [0.25, 0.3) is 0 Å². The molecule has 1 heterocycles. The fourth-order valence-corrected chi connectivity index (χ4v) is 3.05. The van der Waals surface area contributed by atoms with Crippen LogP contribution in [0.3, 0.4) is 0 Å². The van der Waals surface area contributed by atoms with Gasteiger partial charge in [0.2, 0.25) is 0 Å². The van der Waals surface area contributed by atoms with E-state index in [1.54, 1.807) is 7.11 Å². The Hall–Kier alpha value is -0.910. The lowest BCUT2D eigenvalue weighted by Gasteiger charge is -2.34. The highest BCUT2D eigenvalue weighted by atomic mass is 79.9. The number of ether oxygens (including phenoxy) is 1. The van der Waals surface area contributed by atoms with Gasteiger partial charge in [-0.1, -0.05) is 15.9 Å². The van der Waals surface area contributed by atoms with Gasteiger partial charge in [0, 0.05) is 49.9 Å². The van der Waals surface area contributed by atoms with E-state index in [0.717, 1.165) is 54.9 Å². The number of halogens is 1. The summed E-state index contributed by atoms with van der Waals surface area (Å²) >= 11 is 3.45. The second-order valence-electron chi connectivity index (χ2n) is 5.14. The molecular formula is C15H21BrN2O2. The minimum absolute atomic E-state index is 0.126. The van der Waals surface area contributed by atoms with E-state index in [2.05, 4.69) is 20.8 Å². The van der Waals surface area contributed by atoms with E-state index in [4.69, 9.17) is 4.74 Å². The minimum Gasteiger partial charge on any atom is -0.383 e. The Morgan fingerprint density at radius 3 is 2.55 bits per heavy atom. The number of benzene rings is 1. The molecule has 1 aromatic carbocycles. The topological polar surface area (TPSA) is 32.8 Å². The zero-order valence-electron chi connectivity index (χ0n) is 12.1. The van der Waals surface area contributed by atoms with Gasteiger partial charge in [0.05, 0.1) is 6.61 Å². The Morgan fingerprint density at radius 1 is 1.25 bits per heavy atom. The van der Waals surface area contributed by atoms with Crippen LogP contribution in [0.4, 0.5) is 0 Å². The zero-order chi connectivity index (χ0) is 14.5. The third-order valence-corrected chi connectivity index (χ3v) is 4.02. The van der Waals surface area contributed by atoms with Crippen LogP contribution in [0.5, 0.6) is 0 Å². The molecule has 1 fully saturated rings. The lowest BCUT2D eigenvalue weighted by atomic mass is 10.1. The SMILES string of the molecule is COCCN1CCN(C(=O)c2cc(C)cc(Br)c2)CC1. The van der Waals surface area contributed by atoms with Crippen molar-refractivity contribution in [1.29, 1.82) is 0 Å². The molecule has 110 valence electrons. The minimum atomic E-state index is 0.126. The molecule has 4 nitrogen and oxygen atoms in total. The van der Waals surface area contributed by atoms with Crippen LogP contribution in [0, 0.1) is 6.92 Å². The molecule has 2 rings (SSSR count). The second-order valence-corrected chi connectivity index (χ2v) is 6.06. The maximum Gasteiger partial charge on any atom is 0.253 e. The highest BCUT2D eigenvalue weighted by molar-refractivity contribution is 9.10. The molecule has 1 saturated heterocycles. The molecule has 1 aliphatic rings. The van der Waals surface area contributed by atoms with Crippen molar-refractivity contribution in [1.82, 2.24) is 9.80 Å². The molecular weight excluding hydrogens is 320 g/mol. The Balaban J connectivity index is 1.94. The molecule has 20 heavy (non-hydrogen) atoms. The van der Waals surface area contributed by atoms with Crippen molar-refractivity contribution in [3.63, 3.8) is 0 Å². The van der Waals surface area contributed by atoms with Gasteiger partial charge >= 0.3 is 0 Å². The molecule has 1 aromatic rings. The summed E-state index contributed by atoms with van der Waals surface area (Å²) in [6.07, 6.45) is 0. The lowest BCUT2D eigenvalue weighted by molar-refractivity contribution is 0.0594. The summed E-state index contributed by atoms with van der Waals surface area (Å²) in [4.78, 5) is 16.8. The highest BCUT2D eigenvalue weighted by Crippen LogP contribution is 2.17. The number of carbonyl (C=O) groups excluding carboxylic acids is 1. The van der Waals surface area contributed by atoms with E-state index >= 15 is 0 Å². The molecule has 0 atom stereocenters. The van der Waals surface area contributed by atoms with Crippen LogP contribution in [-0.4, -0.2) is 62.1 Å². The number of methoxy groups -OCH3 is 1. The van der Waals surface area contributed by atoms with Gasteiger partial charge in [0.1, 0.15) is 0 Å². The van der Waals surface area contributed by atoms with Crippen molar-refractivity contribution < 1.29 is 9.53 Å². The van der Waals surface area contributed by atoms with Crippen LogP contribution in [0.1, 0.15) is 15.9 Å². The maximum atomic E-state index is 12.5. The fraction of sp³-hybridized carbons (Fsp3) is 0.533. The standard InChI is InChI=1S/C15H21BrN2O2/c1-12-9-13(11-14(16)10-12)15(19)18-5-3-17(4-6-18)7-8-20-2/h9-11H,3-8H2,1-2H3. The van der Waals surface area contributed by atoms with Gasteiger partial charge in [-0.05, 0) is 30.7 Å². The maximum absolute atomic E-state index is 12.5. The Kier molecular flexibility index (Phi) is 5.57. The van der Waals surface area contributed by atoms with E-state index in [-0.39, 0.29) is 5.91 Å². The molecule has 0 bridgehead atoms. The van der Waals surface area contributed by atoms with Crippen LogP contribution in [-0.2, 0) is 4.74 Å². The van der Waals surface area contributed by atoms with Gasteiger partial charge in [0.15, 0.2) is 0 Å². The summed E-state index contributed by atoms with van der Waals surface area (Å²) in [5.41, 5.74) is 1.86. The molecule has 0 aromatic heterocycles. The molecule has 0 spiro atoms. The number of piperazine rings is 1. The predicted molar refractivity (Wildman–Crippen MR) is 83.1 cm³/mol. The number of hydrogen-bond donors (Lipinski definition) is 0. The van der Waals surface area contributed by atoms with E-state index in [1.165, 1.54) is 0 Å². The average molecular weight is 341 g/mol. The predicted octanol–water partition coefficient (Wildman–Crippen LogP) is 2.16. The number of hydrogen-bond acceptors (Lipinski definition) is 3. The number of nitrogens with zero attached hydrogens (tertiary/aromatic N) is 2. The van der Waals surface area contributed by atoms with Crippen molar-refractivity contribution in [2.24, 2.45) is 0 Å². The molecule has 0 unspecified atom stereocenters. The molecule has 0 radical (unpaired) electrons. The van der Waals surface area contributed by atoms with Crippen molar-refractivity contribution >= 4 is 21.8 Å². The normalized spacial score (nSPS) is 16.4. The number of rotatable bonds is 4. The van der Waals surface area contributed by atoms with Crippen molar-refractivity contribution in [3.8, 4) is 0 Å². The average Bonchev–Trinajstić information content (AvgIpc) is 2.44. The molecule has 0 aliphatic carbocycles. The molecule has 0 saturated carbocycles. The van der Waals surface area contributed by atoms with Gasteiger partial charge < -0.3 is 9.64 Å². The van der Waals surface area contributed by atoms with E-state index in [9.17, 15) is 4.79 Å². The summed E-state index contributed by atoms with van der Waals surface area (Å²) in [6.45, 7) is 7.10. The van der Waals surface area contributed by atoms with Gasteiger partial charge in [0.25, 0.3) is 5.91 Å². The smallest absolute Gasteiger partial charge is 0.253 e. The highest BCUT2D eigenvalue weighted by Gasteiger charge is 2.22. The van der Waals surface area contributed by atoms with Crippen molar-refractivity contribution in [2.45, 2.75) is 6.92 Å². The largest absolute Gasteiger partial charge is 0.383 e. The van der Waals surface area contributed by atoms with Gasteiger partial charge in [-0.2, -0.15) is 0 Å². The second kappa shape index (κ2) is 7.20. The zero-order valence-corrected chi connectivity index (χ0v) is 13.6. The first-order valence-corrected chi connectivity index (χ1v) is 7.67. The third-order valence-electron chi connectivity index (χ3n) is 3.56. The van der Waals surface area contributed by atoms with E-state index in [1.807, 2.05) is 30.0 Å². The Morgan fingerprint density at radius 2 is 1.95 bits per heavy atom. The van der Waals surface area contributed by atoms with Crippen molar-refractivity contribution in [2.75, 3.05) is 46.4 Å². The number of aryl methyl sites for hydroxylation is 1. The molecule has 0 N–H and O–H groups in total. The monoisotopic (exact) mass is 340 g/mol. The fourth-order valence-electron chi connectivity index (χ4n) is 2.44. The quantitative estimate of drug-likeness (QED) is 0.841. The first-order valence-electron chi connectivity index (χ1n) is 6.88. The van der Waals surface area contributed by atoms with Gasteiger partial charge in [-0.15, -0.1) is 0 Å². The molecule has 1 amide bonds. The van der Waals surface area contributed by atoms with Crippen LogP contribution >= 0.6 is 15.9 Å². The number of amides is 1. The Labute approximate surface area is 128 Å². The van der Waals surface area contributed by atoms with Gasteiger partial charge in [-0.3, -0.25) is 9.69 Å². The van der Waals surface area contributed by atoms with E-state index < -0.39 is 0 Å². The first-order chi connectivity index (χ1) is 9.60. The summed E-state index contributed by atoms with van der Waals surface area (Å²) in [6, 6.07) is 5.86. The van der Waals surface area contributed by atoms with E-state index in [0.29, 0.717) is 0 Å². The number of carbonyl (C=O) groups is 1. The summed E-state index contributed by atoms with van der Waals surface area (Å²) in [7, 11) is 1.72. The molecule has 5 heteroatoms.